The van der Waals surface area contributed by atoms with E-state index in [2.05, 4.69) is 10.6 Å². The summed E-state index contributed by atoms with van der Waals surface area (Å²) in [4.78, 5) is 22.6. The molecule has 0 aliphatic heterocycles. The van der Waals surface area contributed by atoms with Crippen LogP contribution in [0.2, 0.25) is 5.02 Å². The Balaban J connectivity index is 1.84. The zero-order valence-electron chi connectivity index (χ0n) is 11.7. The summed E-state index contributed by atoms with van der Waals surface area (Å²) in [7, 11) is 0. The monoisotopic (exact) mass is 318 g/mol. The van der Waals surface area contributed by atoms with Crippen molar-refractivity contribution >= 4 is 29.3 Å². The zero-order valence-corrected chi connectivity index (χ0v) is 12.4. The van der Waals surface area contributed by atoms with Crippen LogP contribution in [0.15, 0.2) is 48.5 Å². The molecule has 0 bridgehead atoms. The Kier molecular flexibility index (Phi) is 5.38. The van der Waals surface area contributed by atoms with E-state index in [1.807, 2.05) is 18.2 Å². The second-order valence-corrected chi connectivity index (χ2v) is 5.02. The lowest BCUT2D eigenvalue weighted by Crippen LogP contribution is -2.30. The molecule has 0 aliphatic carbocycles. The molecular weight excluding hydrogens is 304 g/mol. The van der Waals surface area contributed by atoms with Crippen LogP contribution in [0.25, 0.3) is 0 Å². The number of halogens is 1. The number of carboxylic acid groups (broad SMARTS) is 1. The summed E-state index contributed by atoms with van der Waals surface area (Å²) < 4.78 is 0. The van der Waals surface area contributed by atoms with Gasteiger partial charge in [0.15, 0.2) is 0 Å². The average Bonchev–Trinajstić information content (AvgIpc) is 2.49. The fourth-order valence-corrected chi connectivity index (χ4v) is 2.15. The third-order valence-electron chi connectivity index (χ3n) is 3.01. The van der Waals surface area contributed by atoms with Crippen LogP contribution in [-0.2, 0) is 6.42 Å². The fraction of sp³-hybridized carbons (Fsp3) is 0.125. The largest absolute Gasteiger partial charge is 0.478 e. The molecular formula is C16H15ClN2O3. The van der Waals surface area contributed by atoms with E-state index < -0.39 is 12.0 Å². The Hall–Kier alpha value is -2.53. The van der Waals surface area contributed by atoms with Gasteiger partial charge in [0.1, 0.15) is 0 Å². The molecule has 0 spiro atoms. The molecule has 22 heavy (non-hydrogen) atoms. The Bertz CT molecular complexity index is 689. The molecule has 2 aromatic rings. The molecule has 0 aliphatic rings. The Labute approximate surface area is 132 Å². The molecule has 0 fully saturated rings. The predicted octanol–water partition coefficient (Wildman–Crippen LogP) is 3.40. The van der Waals surface area contributed by atoms with Gasteiger partial charge in [0.25, 0.3) is 0 Å². The number of carbonyl (C=O) groups excluding carboxylic acids is 1. The molecule has 2 aromatic carbocycles. The van der Waals surface area contributed by atoms with Crippen molar-refractivity contribution in [2.45, 2.75) is 6.42 Å². The first-order valence-electron chi connectivity index (χ1n) is 6.68. The van der Waals surface area contributed by atoms with E-state index in [1.165, 1.54) is 12.1 Å². The van der Waals surface area contributed by atoms with Gasteiger partial charge in [-0.3, -0.25) is 0 Å². The van der Waals surface area contributed by atoms with E-state index in [4.69, 9.17) is 16.7 Å². The summed E-state index contributed by atoms with van der Waals surface area (Å²) in [6.07, 6.45) is 0.613. The summed E-state index contributed by atoms with van der Waals surface area (Å²) in [6, 6.07) is 13.1. The minimum absolute atomic E-state index is 0.119. The second-order valence-electron chi connectivity index (χ2n) is 4.61. The van der Waals surface area contributed by atoms with Crippen LogP contribution in [0.4, 0.5) is 10.5 Å². The molecule has 0 saturated carbocycles. The van der Waals surface area contributed by atoms with Gasteiger partial charge in [0.2, 0.25) is 0 Å². The third kappa shape index (κ3) is 4.49. The topological polar surface area (TPSA) is 78.4 Å². The normalized spacial score (nSPS) is 10.0. The number of benzene rings is 2. The van der Waals surface area contributed by atoms with E-state index in [1.54, 1.807) is 18.2 Å². The van der Waals surface area contributed by atoms with Crippen molar-refractivity contribution in [3.05, 3.63) is 64.7 Å². The summed E-state index contributed by atoms with van der Waals surface area (Å²) in [5.74, 6) is -1.04. The van der Waals surface area contributed by atoms with Crippen LogP contribution in [0, 0.1) is 0 Å². The van der Waals surface area contributed by atoms with Crippen LogP contribution in [0.5, 0.6) is 0 Å². The number of rotatable bonds is 5. The Morgan fingerprint density at radius 2 is 1.86 bits per heavy atom. The highest BCUT2D eigenvalue weighted by molar-refractivity contribution is 6.31. The summed E-state index contributed by atoms with van der Waals surface area (Å²) in [5, 5.41) is 14.9. The van der Waals surface area contributed by atoms with Gasteiger partial charge in [-0.25, -0.2) is 9.59 Å². The maximum atomic E-state index is 11.8. The number of nitrogens with one attached hydrogen (secondary N) is 2. The molecule has 0 aromatic heterocycles. The Morgan fingerprint density at radius 1 is 1.09 bits per heavy atom. The molecule has 5 nitrogen and oxygen atoms in total. The van der Waals surface area contributed by atoms with Crippen LogP contribution >= 0.6 is 11.6 Å². The predicted molar refractivity (Wildman–Crippen MR) is 85.6 cm³/mol. The number of anilines is 1. The number of hydrogen-bond donors (Lipinski definition) is 3. The molecule has 2 amide bonds. The molecule has 0 unspecified atom stereocenters. The minimum Gasteiger partial charge on any atom is -0.478 e. The molecule has 3 N–H and O–H groups in total. The smallest absolute Gasteiger partial charge is 0.335 e. The van der Waals surface area contributed by atoms with Gasteiger partial charge in [0, 0.05) is 17.3 Å². The standard InChI is InChI=1S/C16H15ClN2O3/c17-14-7-2-1-4-11(14)8-9-18-16(22)19-13-6-3-5-12(10-13)15(20)21/h1-7,10H,8-9H2,(H,20,21)(H2,18,19,22). The number of carbonyl (C=O) groups is 2. The van der Waals surface area contributed by atoms with E-state index in [9.17, 15) is 9.59 Å². The molecule has 0 atom stereocenters. The van der Waals surface area contributed by atoms with Gasteiger partial charge >= 0.3 is 12.0 Å². The fourth-order valence-electron chi connectivity index (χ4n) is 1.92. The lowest BCUT2D eigenvalue weighted by molar-refractivity contribution is 0.0697. The van der Waals surface area contributed by atoms with Crippen molar-refractivity contribution < 1.29 is 14.7 Å². The number of carboxylic acids is 1. The zero-order chi connectivity index (χ0) is 15.9. The summed E-state index contributed by atoms with van der Waals surface area (Å²) in [6.45, 7) is 0.425. The molecule has 0 saturated heterocycles. The molecule has 2 rings (SSSR count). The molecule has 6 heteroatoms. The van der Waals surface area contributed by atoms with Crippen molar-refractivity contribution in [1.29, 1.82) is 0 Å². The van der Waals surface area contributed by atoms with Gasteiger partial charge in [-0.05, 0) is 36.2 Å². The highest BCUT2D eigenvalue weighted by Gasteiger charge is 2.06. The quantitative estimate of drug-likeness (QED) is 0.790. The molecule has 0 heterocycles. The second kappa shape index (κ2) is 7.47. The maximum Gasteiger partial charge on any atom is 0.335 e. The maximum absolute atomic E-state index is 11.8. The van der Waals surface area contributed by atoms with Crippen LogP contribution < -0.4 is 10.6 Å². The molecule has 0 radical (unpaired) electrons. The SMILES string of the molecule is O=C(NCCc1ccccc1Cl)Nc1cccc(C(=O)O)c1. The van der Waals surface area contributed by atoms with Crippen LogP contribution in [0.1, 0.15) is 15.9 Å². The lowest BCUT2D eigenvalue weighted by Gasteiger charge is -2.09. The van der Waals surface area contributed by atoms with Crippen molar-refractivity contribution in [2.24, 2.45) is 0 Å². The van der Waals surface area contributed by atoms with E-state index in [0.29, 0.717) is 23.7 Å². The molecule has 114 valence electrons. The number of urea groups is 1. The number of hydrogen-bond acceptors (Lipinski definition) is 2. The first kappa shape index (κ1) is 15.9. The highest BCUT2D eigenvalue weighted by atomic mass is 35.5. The van der Waals surface area contributed by atoms with Gasteiger partial charge in [-0.1, -0.05) is 35.9 Å². The van der Waals surface area contributed by atoms with Crippen LogP contribution in [-0.4, -0.2) is 23.7 Å². The highest BCUT2D eigenvalue weighted by Crippen LogP contribution is 2.15. The first-order valence-corrected chi connectivity index (χ1v) is 7.05. The third-order valence-corrected chi connectivity index (χ3v) is 3.37. The lowest BCUT2D eigenvalue weighted by atomic mass is 10.1. The van der Waals surface area contributed by atoms with E-state index in [0.717, 1.165) is 5.56 Å². The van der Waals surface area contributed by atoms with Gasteiger partial charge in [-0.2, -0.15) is 0 Å². The van der Waals surface area contributed by atoms with Crippen LogP contribution in [0.3, 0.4) is 0 Å². The van der Waals surface area contributed by atoms with Crippen molar-refractivity contribution in [3.63, 3.8) is 0 Å². The van der Waals surface area contributed by atoms with Gasteiger partial charge in [-0.15, -0.1) is 0 Å². The van der Waals surface area contributed by atoms with Crippen molar-refractivity contribution in [3.8, 4) is 0 Å². The number of amides is 2. The summed E-state index contributed by atoms with van der Waals surface area (Å²) >= 11 is 6.03. The van der Waals surface area contributed by atoms with Gasteiger partial charge < -0.3 is 15.7 Å². The minimum atomic E-state index is -1.04. The first-order chi connectivity index (χ1) is 10.6. The van der Waals surface area contributed by atoms with E-state index >= 15 is 0 Å². The summed E-state index contributed by atoms with van der Waals surface area (Å²) in [5.41, 5.74) is 1.50. The van der Waals surface area contributed by atoms with Gasteiger partial charge in [0.05, 0.1) is 5.56 Å². The number of aromatic carboxylic acids is 1. The average molecular weight is 319 g/mol. The van der Waals surface area contributed by atoms with Crippen molar-refractivity contribution in [2.75, 3.05) is 11.9 Å². The Morgan fingerprint density at radius 3 is 2.59 bits per heavy atom. The van der Waals surface area contributed by atoms with E-state index in [-0.39, 0.29) is 5.56 Å². The van der Waals surface area contributed by atoms with Crippen molar-refractivity contribution in [1.82, 2.24) is 5.32 Å².